The number of nitrogens with two attached hydrogens (primary N) is 2. The van der Waals surface area contributed by atoms with Crippen molar-refractivity contribution in [2.24, 2.45) is 11.5 Å². The molecule has 0 fully saturated rings. The number of nitrogens with zero attached hydrogens (tertiary/aromatic N) is 2. The molecule has 1 aliphatic rings. The average Bonchev–Trinajstić information content (AvgIpc) is 2.39. The topological polar surface area (TPSA) is 112 Å². The quantitative estimate of drug-likeness (QED) is 0.751. The van der Waals surface area contributed by atoms with Crippen molar-refractivity contribution in [1.29, 1.82) is 0 Å². The van der Waals surface area contributed by atoms with E-state index in [4.69, 9.17) is 11.5 Å². The molecule has 0 saturated heterocycles. The number of hydrogen-bond donors (Lipinski definition) is 2. The average molecular weight is 244 g/mol. The van der Waals surface area contributed by atoms with Crippen LogP contribution in [0.2, 0.25) is 0 Å². The molecule has 18 heavy (non-hydrogen) atoms. The number of rotatable bonds is 3. The van der Waals surface area contributed by atoms with Crippen LogP contribution in [0.3, 0.4) is 0 Å². The van der Waals surface area contributed by atoms with Crippen LogP contribution in [0.25, 0.3) is 0 Å². The minimum Gasteiger partial charge on any atom is -0.369 e. The molecule has 92 valence electrons. The maximum absolute atomic E-state index is 11.8. The number of allylic oxidation sites excluding steroid dienone is 2. The van der Waals surface area contributed by atoms with E-state index in [0.717, 1.165) is 0 Å². The molecule has 1 aromatic heterocycles. The van der Waals surface area contributed by atoms with Gasteiger partial charge in [0, 0.05) is 11.8 Å². The van der Waals surface area contributed by atoms with Gasteiger partial charge in [0.1, 0.15) is 0 Å². The van der Waals surface area contributed by atoms with E-state index < -0.39 is 17.2 Å². The van der Waals surface area contributed by atoms with Gasteiger partial charge in [-0.25, -0.2) is 0 Å². The summed E-state index contributed by atoms with van der Waals surface area (Å²) in [6.45, 7) is 0. The summed E-state index contributed by atoms with van der Waals surface area (Å²) in [5.41, 5.74) is 10.6. The fraction of sp³-hybridized carbons (Fsp3) is 0.167. The highest BCUT2D eigenvalue weighted by atomic mass is 16.1. The molecule has 1 atom stereocenters. The van der Waals surface area contributed by atoms with Crippen LogP contribution in [0.15, 0.2) is 42.3 Å². The van der Waals surface area contributed by atoms with Gasteiger partial charge in [0.25, 0.3) is 0 Å². The van der Waals surface area contributed by atoms with E-state index in [2.05, 4.69) is 10.2 Å². The van der Waals surface area contributed by atoms with Gasteiger partial charge in [0.15, 0.2) is 0 Å². The second kappa shape index (κ2) is 4.40. The lowest BCUT2D eigenvalue weighted by molar-refractivity contribution is -0.122. The second-order valence-corrected chi connectivity index (χ2v) is 4.06. The minimum absolute atomic E-state index is 0.139. The Labute approximate surface area is 103 Å². The molecule has 1 aromatic rings. The molecule has 6 nitrogen and oxygen atoms in total. The maximum atomic E-state index is 11.8. The number of amides is 2. The van der Waals surface area contributed by atoms with Gasteiger partial charge >= 0.3 is 0 Å². The first-order valence-electron chi connectivity index (χ1n) is 5.31. The van der Waals surface area contributed by atoms with Crippen LogP contribution in [0, 0.1) is 0 Å². The van der Waals surface area contributed by atoms with E-state index in [-0.39, 0.29) is 6.42 Å². The summed E-state index contributed by atoms with van der Waals surface area (Å²) in [6.07, 6.45) is 7.90. The Kier molecular flexibility index (Phi) is 2.93. The molecule has 0 aliphatic heterocycles. The van der Waals surface area contributed by atoms with Gasteiger partial charge < -0.3 is 11.5 Å². The smallest absolute Gasteiger partial charge is 0.244 e. The molecule has 0 bridgehead atoms. The Morgan fingerprint density at radius 3 is 2.61 bits per heavy atom. The van der Waals surface area contributed by atoms with Crippen LogP contribution >= 0.6 is 0 Å². The van der Waals surface area contributed by atoms with Crippen LogP contribution in [0.1, 0.15) is 12.0 Å². The largest absolute Gasteiger partial charge is 0.369 e. The zero-order valence-electron chi connectivity index (χ0n) is 9.54. The Morgan fingerprint density at radius 2 is 2.06 bits per heavy atom. The molecule has 6 heteroatoms. The van der Waals surface area contributed by atoms with Gasteiger partial charge in [-0.3, -0.25) is 9.59 Å². The zero-order chi connectivity index (χ0) is 13.2. The first-order valence-corrected chi connectivity index (χ1v) is 5.31. The fourth-order valence-corrected chi connectivity index (χ4v) is 1.98. The fourth-order valence-electron chi connectivity index (χ4n) is 1.98. The number of hydrogen-bond acceptors (Lipinski definition) is 4. The van der Waals surface area contributed by atoms with Gasteiger partial charge in [-0.15, -0.1) is 0 Å². The van der Waals surface area contributed by atoms with Crippen molar-refractivity contribution in [2.45, 2.75) is 11.8 Å². The van der Waals surface area contributed by atoms with Crippen molar-refractivity contribution in [3.05, 3.63) is 47.8 Å². The first kappa shape index (κ1) is 12.0. The maximum Gasteiger partial charge on any atom is 0.244 e. The minimum atomic E-state index is -1.09. The van der Waals surface area contributed by atoms with Crippen LogP contribution in [0.5, 0.6) is 0 Å². The molecule has 2 amide bonds. The van der Waals surface area contributed by atoms with Crippen molar-refractivity contribution in [3.8, 4) is 0 Å². The van der Waals surface area contributed by atoms with E-state index in [0.29, 0.717) is 11.1 Å². The first-order chi connectivity index (χ1) is 8.56. The highest BCUT2D eigenvalue weighted by Gasteiger charge is 2.39. The third kappa shape index (κ3) is 1.88. The molecule has 0 spiro atoms. The summed E-state index contributed by atoms with van der Waals surface area (Å²) in [7, 11) is 0. The van der Waals surface area contributed by atoms with E-state index in [1.165, 1.54) is 12.4 Å². The number of carbonyl (C=O) groups is 2. The Balaban J connectivity index is 2.49. The Hall–Kier alpha value is -2.50. The molecule has 0 saturated carbocycles. The normalized spacial score (nSPS) is 22.3. The summed E-state index contributed by atoms with van der Waals surface area (Å²) in [5.74, 6) is -1.12. The summed E-state index contributed by atoms with van der Waals surface area (Å²) in [4.78, 5) is 23.0. The molecule has 1 aliphatic carbocycles. The number of primary amides is 2. The van der Waals surface area contributed by atoms with E-state index in [1.807, 2.05) is 0 Å². The Morgan fingerprint density at radius 1 is 1.28 bits per heavy atom. The van der Waals surface area contributed by atoms with Gasteiger partial charge in [0.2, 0.25) is 11.8 Å². The lowest BCUT2D eigenvalue weighted by atomic mass is 9.73. The number of aromatic nitrogens is 2. The SMILES string of the molecule is NC(=O)C1=CC=CC(C(N)=O)(c2ccnnc2)C1. The van der Waals surface area contributed by atoms with Crippen LogP contribution < -0.4 is 11.5 Å². The molecular formula is C12H12N4O2. The van der Waals surface area contributed by atoms with Gasteiger partial charge in [-0.2, -0.15) is 10.2 Å². The summed E-state index contributed by atoms with van der Waals surface area (Å²) in [5, 5.41) is 7.38. The third-order valence-corrected chi connectivity index (χ3v) is 3.00. The summed E-state index contributed by atoms with van der Waals surface area (Å²) < 4.78 is 0. The molecule has 2 rings (SSSR count). The van der Waals surface area contributed by atoms with E-state index >= 15 is 0 Å². The highest BCUT2D eigenvalue weighted by molar-refractivity contribution is 5.97. The molecular weight excluding hydrogens is 232 g/mol. The zero-order valence-corrected chi connectivity index (χ0v) is 9.54. The van der Waals surface area contributed by atoms with Crippen molar-refractivity contribution in [1.82, 2.24) is 10.2 Å². The monoisotopic (exact) mass is 244 g/mol. The lowest BCUT2D eigenvalue weighted by Crippen LogP contribution is -2.42. The van der Waals surface area contributed by atoms with Gasteiger partial charge in [0.05, 0.1) is 11.6 Å². The van der Waals surface area contributed by atoms with E-state index in [9.17, 15) is 9.59 Å². The molecule has 4 N–H and O–H groups in total. The van der Waals surface area contributed by atoms with Crippen LogP contribution in [-0.2, 0) is 15.0 Å². The van der Waals surface area contributed by atoms with Crippen LogP contribution in [0.4, 0.5) is 0 Å². The van der Waals surface area contributed by atoms with Gasteiger partial charge in [-0.1, -0.05) is 18.2 Å². The highest BCUT2D eigenvalue weighted by Crippen LogP contribution is 2.34. The number of carbonyl (C=O) groups excluding carboxylic acids is 2. The van der Waals surface area contributed by atoms with E-state index in [1.54, 1.807) is 24.3 Å². The molecule has 0 aromatic carbocycles. The third-order valence-electron chi connectivity index (χ3n) is 3.00. The standard InChI is InChI=1S/C12H12N4O2/c13-10(17)8-2-1-4-12(6-8,11(14)18)9-3-5-15-16-7-9/h1-5,7H,6H2,(H2,13,17)(H2,14,18). The molecule has 0 radical (unpaired) electrons. The summed E-state index contributed by atoms with van der Waals surface area (Å²) in [6, 6.07) is 1.64. The van der Waals surface area contributed by atoms with Crippen molar-refractivity contribution >= 4 is 11.8 Å². The lowest BCUT2D eigenvalue weighted by Gasteiger charge is -2.29. The molecule has 1 heterocycles. The predicted molar refractivity (Wildman–Crippen MR) is 63.9 cm³/mol. The Bertz CT molecular complexity index is 550. The van der Waals surface area contributed by atoms with Crippen molar-refractivity contribution in [3.63, 3.8) is 0 Å². The summed E-state index contributed by atoms with van der Waals surface area (Å²) >= 11 is 0. The van der Waals surface area contributed by atoms with Crippen molar-refractivity contribution < 1.29 is 9.59 Å². The van der Waals surface area contributed by atoms with Gasteiger partial charge in [-0.05, 0) is 18.1 Å². The molecule has 1 unspecified atom stereocenters. The predicted octanol–water partition coefficient (Wildman–Crippen LogP) is -0.429. The van der Waals surface area contributed by atoms with Crippen molar-refractivity contribution in [2.75, 3.05) is 0 Å². The van der Waals surface area contributed by atoms with Crippen LogP contribution in [-0.4, -0.2) is 22.0 Å². The second-order valence-electron chi connectivity index (χ2n) is 4.06.